The normalized spacial score (nSPS) is 28.9. The molecule has 7 heteroatoms. The summed E-state index contributed by atoms with van der Waals surface area (Å²) in [5.74, 6) is 2.60. The predicted molar refractivity (Wildman–Crippen MR) is 122 cm³/mol. The van der Waals surface area contributed by atoms with Crippen molar-refractivity contribution in [1.82, 2.24) is 4.98 Å². The highest BCUT2D eigenvalue weighted by Gasteiger charge is 2.51. The first-order valence-corrected chi connectivity index (χ1v) is 12.1. The summed E-state index contributed by atoms with van der Waals surface area (Å²) in [4.78, 5) is 15.9. The number of esters is 1. The van der Waals surface area contributed by atoms with E-state index in [2.05, 4.69) is 27.6 Å². The van der Waals surface area contributed by atoms with Gasteiger partial charge in [-0.15, -0.1) is 11.3 Å². The molecule has 1 heterocycles. The summed E-state index contributed by atoms with van der Waals surface area (Å²) in [5.41, 5.74) is 5.95. The molecule has 4 aliphatic rings. The lowest BCUT2D eigenvalue weighted by molar-refractivity contribution is -0.142. The van der Waals surface area contributed by atoms with Crippen LogP contribution in [-0.2, 0) is 21.4 Å². The number of hydrogen-bond acceptors (Lipinski definition) is 7. The summed E-state index contributed by atoms with van der Waals surface area (Å²) in [6.07, 6.45) is 9.95. The van der Waals surface area contributed by atoms with Crippen molar-refractivity contribution in [2.45, 2.75) is 57.3 Å². The first-order valence-electron chi connectivity index (χ1n) is 11.3. The molecule has 0 aliphatic heterocycles. The second kappa shape index (κ2) is 8.26. The molecule has 0 unspecified atom stereocenters. The summed E-state index contributed by atoms with van der Waals surface area (Å²) < 4.78 is 4.95. The Bertz CT molecular complexity index is 964. The molecule has 6 rings (SSSR count). The maximum Gasteiger partial charge on any atom is 0.311 e. The highest BCUT2D eigenvalue weighted by molar-refractivity contribution is 7.13. The molecule has 4 bridgehead atoms. The van der Waals surface area contributed by atoms with Crippen LogP contribution in [0.25, 0.3) is 0 Å². The van der Waals surface area contributed by atoms with Crippen molar-refractivity contribution in [1.29, 1.82) is 0 Å². The lowest BCUT2D eigenvalue weighted by atomic mass is 9.48. The van der Waals surface area contributed by atoms with E-state index < -0.39 is 0 Å². The van der Waals surface area contributed by atoms with Crippen molar-refractivity contribution >= 4 is 28.7 Å². The largest absolute Gasteiger partial charge is 0.507 e. The number of ether oxygens (including phenoxy) is 1. The number of carbonyl (C=O) groups is 1. The van der Waals surface area contributed by atoms with Gasteiger partial charge in [-0.25, -0.2) is 4.98 Å². The molecule has 0 saturated heterocycles. The van der Waals surface area contributed by atoms with Crippen molar-refractivity contribution in [2.24, 2.45) is 22.9 Å². The number of phenols is 1. The minimum absolute atomic E-state index is 0.156. The van der Waals surface area contributed by atoms with Gasteiger partial charge in [0.2, 0.25) is 5.13 Å². The molecule has 0 amide bonds. The van der Waals surface area contributed by atoms with E-state index in [0.29, 0.717) is 17.4 Å². The van der Waals surface area contributed by atoms with E-state index in [1.54, 1.807) is 13.1 Å². The van der Waals surface area contributed by atoms with Crippen molar-refractivity contribution < 1.29 is 14.6 Å². The fourth-order valence-corrected chi connectivity index (χ4v) is 7.07. The van der Waals surface area contributed by atoms with Crippen LogP contribution in [0.15, 0.2) is 28.7 Å². The van der Waals surface area contributed by atoms with Gasteiger partial charge in [0.05, 0.1) is 24.9 Å². The maximum atomic E-state index is 11.6. The molecule has 1 aromatic carbocycles. The monoisotopic (exact) mass is 439 g/mol. The van der Waals surface area contributed by atoms with Crippen molar-refractivity contribution in [3.05, 3.63) is 40.4 Å². The number of phenolic OH excluding ortho intramolecular Hbond substituents is 1. The average molecular weight is 440 g/mol. The van der Waals surface area contributed by atoms with Crippen LogP contribution in [0.3, 0.4) is 0 Å². The summed E-state index contributed by atoms with van der Waals surface area (Å²) in [6.45, 7) is 2.15. The Labute approximate surface area is 186 Å². The lowest BCUT2D eigenvalue weighted by Gasteiger charge is -2.57. The molecule has 0 spiro atoms. The second-order valence-corrected chi connectivity index (χ2v) is 10.3. The average Bonchev–Trinajstić information content (AvgIpc) is 3.15. The Kier molecular flexibility index (Phi) is 5.46. The number of benzene rings is 1. The van der Waals surface area contributed by atoms with Gasteiger partial charge < -0.3 is 9.84 Å². The van der Waals surface area contributed by atoms with Crippen LogP contribution in [0.1, 0.15) is 62.3 Å². The third-order valence-corrected chi connectivity index (χ3v) is 8.02. The smallest absolute Gasteiger partial charge is 0.311 e. The Hall–Kier alpha value is -2.41. The summed E-state index contributed by atoms with van der Waals surface area (Å²) >= 11 is 1.38. The number of nitrogens with zero attached hydrogens (tertiary/aromatic N) is 2. The molecule has 2 aromatic rings. The fourth-order valence-electron chi connectivity index (χ4n) is 6.41. The third-order valence-electron chi connectivity index (χ3n) is 7.22. The zero-order chi connectivity index (χ0) is 21.4. The van der Waals surface area contributed by atoms with E-state index in [4.69, 9.17) is 4.74 Å². The highest BCUT2D eigenvalue weighted by atomic mass is 32.1. The molecule has 0 radical (unpaired) electrons. The van der Waals surface area contributed by atoms with E-state index >= 15 is 0 Å². The number of nitrogens with one attached hydrogen (secondary N) is 1. The Morgan fingerprint density at radius 3 is 2.68 bits per heavy atom. The first kappa shape index (κ1) is 20.5. The zero-order valence-electron chi connectivity index (χ0n) is 17.8. The van der Waals surface area contributed by atoms with Crippen molar-refractivity contribution in [2.75, 3.05) is 12.0 Å². The summed E-state index contributed by atoms with van der Waals surface area (Å²) in [6, 6.07) is 6.06. The van der Waals surface area contributed by atoms with Crippen LogP contribution in [0.5, 0.6) is 5.75 Å². The standard InChI is InChI=1S/C24H29N3O3S/c1-2-30-22(29)9-20-14-31-23(26-20)27-25-13-18-8-19(3-4-21(18)28)24-10-15-5-16(11-24)7-17(6-15)12-24/h3-4,8,13-17,28H,2,5-7,9-12H2,1H3,(H,26,27). The van der Waals surface area contributed by atoms with Crippen LogP contribution in [-0.4, -0.2) is 28.9 Å². The van der Waals surface area contributed by atoms with Gasteiger partial charge in [-0.2, -0.15) is 5.10 Å². The lowest BCUT2D eigenvalue weighted by Crippen LogP contribution is -2.48. The van der Waals surface area contributed by atoms with Crippen LogP contribution < -0.4 is 5.43 Å². The van der Waals surface area contributed by atoms with E-state index in [-0.39, 0.29) is 23.6 Å². The predicted octanol–water partition coefficient (Wildman–Crippen LogP) is 4.87. The molecule has 1 aromatic heterocycles. The van der Waals surface area contributed by atoms with Crippen molar-refractivity contribution in [3.63, 3.8) is 0 Å². The molecule has 4 fully saturated rings. The van der Waals surface area contributed by atoms with Gasteiger partial charge in [-0.05, 0) is 86.3 Å². The van der Waals surface area contributed by atoms with Crippen LogP contribution in [0.4, 0.5) is 5.13 Å². The van der Waals surface area contributed by atoms with Gasteiger partial charge in [0.1, 0.15) is 5.75 Å². The Balaban J connectivity index is 1.28. The summed E-state index contributed by atoms with van der Waals surface area (Å²) in [7, 11) is 0. The molecule has 164 valence electrons. The minimum atomic E-state index is -0.283. The second-order valence-electron chi connectivity index (χ2n) is 9.47. The number of hydrogen-bond donors (Lipinski definition) is 2. The van der Waals surface area contributed by atoms with Gasteiger partial charge in [0, 0.05) is 10.9 Å². The molecule has 0 atom stereocenters. The Morgan fingerprint density at radius 2 is 2.00 bits per heavy atom. The molecule has 4 aliphatic carbocycles. The number of rotatable bonds is 7. The van der Waals surface area contributed by atoms with E-state index in [9.17, 15) is 9.90 Å². The topological polar surface area (TPSA) is 83.8 Å². The first-order chi connectivity index (χ1) is 15.0. The molecular formula is C24H29N3O3S. The molecule has 31 heavy (non-hydrogen) atoms. The number of hydrazone groups is 1. The molecule has 2 N–H and O–H groups in total. The van der Waals surface area contributed by atoms with Crippen molar-refractivity contribution in [3.8, 4) is 5.75 Å². The molecule has 4 saturated carbocycles. The van der Waals surface area contributed by atoms with Gasteiger partial charge in [-0.1, -0.05) is 6.07 Å². The van der Waals surface area contributed by atoms with Gasteiger partial charge in [-0.3, -0.25) is 10.2 Å². The molecule has 6 nitrogen and oxygen atoms in total. The number of aromatic nitrogens is 1. The number of carbonyl (C=O) groups excluding carboxylic acids is 1. The fraction of sp³-hybridized carbons (Fsp3) is 0.542. The minimum Gasteiger partial charge on any atom is -0.507 e. The van der Waals surface area contributed by atoms with Crippen LogP contribution in [0, 0.1) is 17.8 Å². The highest BCUT2D eigenvalue weighted by Crippen LogP contribution is 2.60. The zero-order valence-corrected chi connectivity index (χ0v) is 18.7. The van der Waals surface area contributed by atoms with E-state index in [1.165, 1.54) is 55.4 Å². The van der Waals surface area contributed by atoms with E-state index in [1.807, 2.05) is 11.4 Å². The third kappa shape index (κ3) is 4.20. The maximum absolute atomic E-state index is 11.6. The van der Waals surface area contributed by atoms with Crippen LogP contribution >= 0.6 is 11.3 Å². The number of thiazole rings is 1. The van der Waals surface area contributed by atoms with E-state index in [0.717, 1.165) is 23.3 Å². The molecular weight excluding hydrogens is 410 g/mol. The Morgan fingerprint density at radius 1 is 1.29 bits per heavy atom. The SMILES string of the molecule is CCOC(=O)Cc1csc(NN=Cc2cc(C34CC5CC(CC(C5)C3)C4)ccc2O)n1. The van der Waals surface area contributed by atoms with Crippen LogP contribution in [0.2, 0.25) is 0 Å². The quantitative estimate of drug-likeness (QED) is 0.365. The number of anilines is 1. The summed E-state index contributed by atoms with van der Waals surface area (Å²) in [5, 5.41) is 17.1. The number of aromatic hydroxyl groups is 1. The van der Waals surface area contributed by atoms with Gasteiger partial charge in [0.15, 0.2) is 0 Å². The van der Waals surface area contributed by atoms with Gasteiger partial charge >= 0.3 is 5.97 Å². The van der Waals surface area contributed by atoms with Gasteiger partial charge in [0.25, 0.3) is 0 Å².